The summed E-state index contributed by atoms with van der Waals surface area (Å²) in [5.41, 5.74) is 0.602. The van der Waals surface area contributed by atoms with Gasteiger partial charge in [-0.25, -0.2) is 0 Å². The van der Waals surface area contributed by atoms with Crippen LogP contribution in [0.5, 0.6) is 0 Å². The van der Waals surface area contributed by atoms with Gasteiger partial charge in [0.15, 0.2) is 0 Å². The summed E-state index contributed by atoms with van der Waals surface area (Å²) in [5, 5.41) is 3.46. The summed E-state index contributed by atoms with van der Waals surface area (Å²) >= 11 is 0. The van der Waals surface area contributed by atoms with E-state index in [2.05, 4.69) is 12.2 Å². The molecule has 1 aliphatic rings. The molecule has 1 aliphatic carbocycles. The molecule has 0 bridgehead atoms. The number of hydrogen-bond acceptors (Lipinski definition) is 3. The Kier molecular flexibility index (Phi) is 6.22. The highest BCUT2D eigenvalue weighted by molar-refractivity contribution is 4.94. The predicted octanol–water partition coefficient (Wildman–Crippen LogP) is 1.82. The molecule has 0 atom stereocenters. The van der Waals surface area contributed by atoms with Crippen molar-refractivity contribution in [3.8, 4) is 0 Å². The standard InChI is InChI=1S/C12H25NO2/c1-3-15-9-4-5-12(6-7-12)11-13-8-10-14-2/h13H,3-11H2,1-2H3. The zero-order chi connectivity index (χ0) is 11.0. The van der Waals surface area contributed by atoms with Gasteiger partial charge in [-0.2, -0.15) is 0 Å². The molecule has 0 aromatic rings. The molecule has 0 aromatic heterocycles. The lowest BCUT2D eigenvalue weighted by Crippen LogP contribution is -2.27. The third-order valence-electron chi connectivity index (χ3n) is 3.14. The Morgan fingerprint density at radius 3 is 2.67 bits per heavy atom. The zero-order valence-electron chi connectivity index (χ0n) is 10.2. The summed E-state index contributed by atoms with van der Waals surface area (Å²) in [6, 6.07) is 0. The van der Waals surface area contributed by atoms with E-state index in [1.165, 1.54) is 25.7 Å². The Morgan fingerprint density at radius 1 is 1.27 bits per heavy atom. The maximum absolute atomic E-state index is 5.36. The van der Waals surface area contributed by atoms with Crippen LogP contribution >= 0.6 is 0 Å². The average Bonchev–Trinajstić information content (AvgIpc) is 3.01. The molecule has 0 aromatic carbocycles. The SMILES string of the molecule is CCOCCCC1(CNCCOC)CC1. The van der Waals surface area contributed by atoms with E-state index in [0.717, 1.165) is 32.9 Å². The maximum Gasteiger partial charge on any atom is 0.0587 e. The van der Waals surface area contributed by atoms with Crippen LogP contribution in [0, 0.1) is 5.41 Å². The van der Waals surface area contributed by atoms with Gasteiger partial charge >= 0.3 is 0 Å². The van der Waals surface area contributed by atoms with E-state index in [1.807, 2.05) is 0 Å². The van der Waals surface area contributed by atoms with Gasteiger partial charge in [0.05, 0.1) is 6.61 Å². The van der Waals surface area contributed by atoms with Crippen molar-refractivity contribution < 1.29 is 9.47 Å². The number of hydrogen-bond donors (Lipinski definition) is 1. The molecule has 0 radical (unpaired) electrons. The van der Waals surface area contributed by atoms with E-state index in [-0.39, 0.29) is 0 Å². The average molecular weight is 215 g/mol. The number of rotatable bonds is 10. The summed E-state index contributed by atoms with van der Waals surface area (Å²) in [7, 11) is 1.75. The number of ether oxygens (including phenoxy) is 2. The molecule has 1 N–H and O–H groups in total. The second-order valence-corrected chi connectivity index (χ2v) is 4.47. The molecule has 0 unspecified atom stereocenters. The van der Waals surface area contributed by atoms with Gasteiger partial charge < -0.3 is 14.8 Å². The Hall–Kier alpha value is -0.120. The number of methoxy groups -OCH3 is 1. The lowest BCUT2D eigenvalue weighted by Gasteiger charge is -2.15. The Labute approximate surface area is 93.5 Å². The molecule has 0 spiro atoms. The molecule has 1 fully saturated rings. The monoisotopic (exact) mass is 215 g/mol. The van der Waals surface area contributed by atoms with Gasteiger partial charge in [-0.05, 0) is 38.0 Å². The van der Waals surface area contributed by atoms with E-state index in [0.29, 0.717) is 5.41 Å². The van der Waals surface area contributed by atoms with Crippen molar-refractivity contribution in [3.05, 3.63) is 0 Å². The molecule has 0 heterocycles. The molecular formula is C12H25NO2. The fraction of sp³-hybridized carbons (Fsp3) is 1.00. The third-order valence-corrected chi connectivity index (χ3v) is 3.14. The highest BCUT2D eigenvalue weighted by Crippen LogP contribution is 2.48. The first-order chi connectivity index (χ1) is 7.33. The van der Waals surface area contributed by atoms with Gasteiger partial charge in [0, 0.05) is 33.4 Å². The molecule has 1 saturated carbocycles. The Balaban J connectivity index is 1.96. The maximum atomic E-state index is 5.36. The molecule has 0 amide bonds. The van der Waals surface area contributed by atoms with Crippen molar-refractivity contribution >= 4 is 0 Å². The Bertz CT molecular complexity index is 144. The molecule has 0 aliphatic heterocycles. The van der Waals surface area contributed by atoms with Crippen molar-refractivity contribution in [2.24, 2.45) is 5.41 Å². The topological polar surface area (TPSA) is 30.5 Å². The molecule has 0 saturated heterocycles. The van der Waals surface area contributed by atoms with Gasteiger partial charge in [0.25, 0.3) is 0 Å². The molecular weight excluding hydrogens is 190 g/mol. The smallest absolute Gasteiger partial charge is 0.0587 e. The van der Waals surface area contributed by atoms with E-state index >= 15 is 0 Å². The van der Waals surface area contributed by atoms with Crippen LogP contribution in [0.15, 0.2) is 0 Å². The van der Waals surface area contributed by atoms with Crippen LogP contribution in [0.1, 0.15) is 32.6 Å². The van der Waals surface area contributed by atoms with Gasteiger partial charge in [-0.15, -0.1) is 0 Å². The summed E-state index contributed by atoms with van der Waals surface area (Å²) in [4.78, 5) is 0. The van der Waals surface area contributed by atoms with E-state index in [1.54, 1.807) is 7.11 Å². The minimum absolute atomic E-state index is 0.602. The van der Waals surface area contributed by atoms with Crippen LogP contribution in [0.3, 0.4) is 0 Å². The molecule has 15 heavy (non-hydrogen) atoms. The highest BCUT2D eigenvalue weighted by Gasteiger charge is 2.40. The fourth-order valence-corrected chi connectivity index (χ4v) is 1.91. The van der Waals surface area contributed by atoms with Crippen LogP contribution in [0.4, 0.5) is 0 Å². The zero-order valence-corrected chi connectivity index (χ0v) is 10.2. The first-order valence-corrected chi connectivity index (χ1v) is 6.10. The summed E-state index contributed by atoms with van der Waals surface area (Å²) in [5.74, 6) is 0. The second kappa shape index (κ2) is 7.20. The molecule has 3 nitrogen and oxygen atoms in total. The summed E-state index contributed by atoms with van der Waals surface area (Å²) < 4.78 is 10.4. The van der Waals surface area contributed by atoms with E-state index < -0.39 is 0 Å². The van der Waals surface area contributed by atoms with Gasteiger partial charge in [-0.3, -0.25) is 0 Å². The normalized spacial score (nSPS) is 18.0. The lowest BCUT2D eigenvalue weighted by molar-refractivity contribution is 0.137. The molecule has 1 rings (SSSR count). The van der Waals surface area contributed by atoms with Crippen molar-refractivity contribution in [2.45, 2.75) is 32.6 Å². The summed E-state index contributed by atoms with van der Waals surface area (Å²) in [6.07, 6.45) is 5.30. The van der Waals surface area contributed by atoms with Crippen LogP contribution < -0.4 is 5.32 Å². The highest BCUT2D eigenvalue weighted by atomic mass is 16.5. The van der Waals surface area contributed by atoms with E-state index in [9.17, 15) is 0 Å². The van der Waals surface area contributed by atoms with Crippen molar-refractivity contribution in [1.29, 1.82) is 0 Å². The van der Waals surface area contributed by atoms with Crippen LogP contribution in [0.2, 0.25) is 0 Å². The van der Waals surface area contributed by atoms with Crippen LogP contribution in [-0.2, 0) is 9.47 Å². The first kappa shape index (κ1) is 12.9. The van der Waals surface area contributed by atoms with Crippen LogP contribution in [0.25, 0.3) is 0 Å². The Morgan fingerprint density at radius 2 is 2.07 bits per heavy atom. The van der Waals surface area contributed by atoms with E-state index in [4.69, 9.17) is 9.47 Å². The lowest BCUT2D eigenvalue weighted by atomic mass is 10.0. The summed E-state index contributed by atoms with van der Waals surface area (Å²) in [6.45, 7) is 6.77. The minimum atomic E-state index is 0.602. The fourth-order valence-electron chi connectivity index (χ4n) is 1.91. The first-order valence-electron chi connectivity index (χ1n) is 6.10. The molecule has 3 heteroatoms. The quantitative estimate of drug-likeness (QED) is 0.564. The number of nitrogens with one attached hydrogen (secondary N) is 1. The van der Waals surface area contributed by atoms with Crippen LogP contribution in [-0.4, -0.2) is 40.0 Å². The van der Waals surface area contributed by atoms with Crippen molar-refractivity contribution in [2.75, 3.05) is 40.0 Å². The second-order valence-electron chi connectivity index (χ2n) is 4.47. The van der Waals surface area contributed by atoms with Crippen molar-refractivity contribution in [1.82, 2.24) is 5.32 Å². The predicted molar refractivity (Wildman–Crippen MR) is 62.1 cm³/mol. The molecule has 90 valence electrons. The largest absolute Gasteiger partial charge is 0.383 e. The third kappa shape index (κ3) is 5.50. The van der Waals surface area contributed by atoms with Crippen molar-refractivity contribution in [3.63, 3.8) is 0 Å². The van der Waals surface area contributed by atoms with Gasteiger partial charge in [0.2, 0.25) is 0 Å². The minimum Gasteiger partial charge on any atom is -0.383 e. The van der Waals surface area contributed by atoms with Gasteiger partial charge in [0.1, 0.15) is 0 Å². The van der Waals surface area contributed by atoms with Gasteiger partial charge in [-0.1, -0.05) is 0 Å².